The SMILES string of the molecule is CN1CCSCC1c1noc(-c2ccccc2CC#N)n1. The van der Waals surface area contributed by atoms with Crippen LogP contribution < -0.4 is 0 Å². The van der Waals surface area contributed by atoms with Crippen LogP contribution in [0.3, 0.4) is 0 Å². The van der Waals surface area contributed by atoms with Gasteiger partial charge in [-0.05, 0) is 18.7 Å². The van der Waals surface area contributed by atoms with E-state index in [1.807, 2.05) is 36.0 Å². The lowest BCUT2D eigenvalue weighted by Crippen LogP contribution is -2.33. The molecule has 1 aliphatic rings. The lowest BCUT2D eigenvalue weighted by Gasteiger charge is -2.29. The van der Waals surface area contributed by atoms with Gasteiger partial charge in [0.2, 0.25) is 0 Å². The van der Waals surface area contributed by atoms with Crippen LogP contribution in [0.25, 0.3) is 11.5 Å². The Bertz CT molecular complexity index is 664. The standard InChI is InChI=1S/C15H16N4OS/c1-19-8-9-21-10-13(19)14-17-15(20-18-14)12-5-3-2-4-11(12)6-7-16/h2-5,13H,6,8-10H2,1H3. The van der Waals surface area contributed by atoms with Crippen LogP contribution in [0.15, 0.2) is 28.8 Å². The van der Waals surface area contributed by atoms with E-state index >= 15 is 0 Å². The Morgan fingerprint density at radius 3 is 3.14 bits per heavy atom. The third kappa shape index (κ3) is 2.94. The Morgan fingerprint density at radius 1 is 1.48 bits per heavy atom. The highest BCUT2D eigenvalue weighted by Crippen LogP contribution is 2.29. The minimum atomic E-state index is 0.198. The maximum atomic E-state index is 8.91. The minimum Gasteiger partial charge on any atom is -0.334 e. The fourth-order valence-electron chi connectivity index (χ4n) is 2.41. The summed E-state index contributed by atoms with van der Waals surface area (Å²) in [6.45, 7) is 1.03. The zero-order valence-electron chi connectivity index (χ0n) is 11.8. The first-order valence-corrected chi connectivity index (χ1v) is 8.02. The molecule has 1 fully saturated rings. The molecule has 21 heavy (non-hydrogen) atoms. The molecular weight excluding hydrogens is 284 g/mol. The van der Waals surface area contributed by atoms with Crippen molar-refractivity contribution in [2.45, 2.75) is 12.5 Å². The first-order chi connectivity index (χ1) is 10.3. The third-order valence-corrected chi connectivity index (χ3v) is 4.68. The molecule has 1 aliphatic heterocycles. The predicted molar refractivity (Wildman–Crippen MR) is 81.7 cm³/mol. The van der Waals surface area contributed by atoms with E-state index in [0.717, 1.165) is 35.0 Å². The first-order valence-electron chi connectivity index (χ1n) is 6.86. The zero-order chi connectivity index (χ0) is 14.7. The topological polar surface area (TPSA) is 66.0 Å². The van der Waals surface area contributed by atoms with E-state index in [1.54, 1.807) is 0 Å². The molecule has 2 aromatic rings. The number of rotatable bonds is 3. The van der Waals surface area contributed by atoms with E-state index < -0.39 is 0 Å². The van der Waals surface area contributed by atoms with Gasteiger partial charge in [-0.1, -0.05) is 23.4 Å². The monoisotopic (exact) mass is 300 g/mol. The quantitative estimate of drug-likeness (QED) is 0.868. The molecular formula is C15H16N4OS. The van der Waals surface area contributed by atoms with Crippen LogP contribution in [0.1, 0.15) is 17.4 Å². The van der Waals surface area contributed by atoms with Crippen LogP contribution in [-0.4, -0.2) is 40.1 Å². The molecule has 1 unspecified atom stereocenters. The molecule has 2 heterocycles. The second kappa shape index (κ2) is 6.29. The summed E-state index contributed by atoms with van der Waals surface area (Å²) < 4.78 is 5.43. The van der Waals surface area contributed by atoms with Gasteiger partial charge in [-0.3, -0.25) is 4.90 Å². The normalized spacial score (nSPS) is 19.3. The molecule has 1 saturated heterocycles. The summed E-state index contributed by atoms with van der Waals surface area (Å²) in [5, 5.41) is 13.1. The molecule has 0 saturated carbocycles. The first kappa shape index (κ1) is 14.1. The van der Waals surface area contributed by atoms with Gasteiger partial charge in [-0.2, -0.15) is 22.0 Å². The van der Waals surface area contributed by atoms with Crippen molar-refractivity contribution in [3.05, 3.63) is 35.7 Å². The molecule has 0 aliphatic carbocycles. The number of hydrogen-bond donors (Lipinski definition) is 0. The second-order valence-corrected chi connectivity index (χ2v) is 6.17. The van der Waals surface area contributed by atoms with Gasteiger partial charge in [0.05, 0.1) is 18.5 Å². The van der Waals surface area contributed by atoms with Crippen molar-refractivity contribution in [2.75, 3.05) is 25.1 Å². The second-order valence-electron chi connectivity index (χ2n) is 5.02. The van der Waals surface area contributed by atoms with Crippen molar-refractivity contribution in [1.82, 2.24) is 15.0 Å². The largest absolute Gasteiger partial charge is 0.334 e. The van der Waals surface area contributed by atoms with Crippen molar-refractivity contribution in [2.24, 2.45) is 0 Å². The Morgan fingerprint density at radius 2 is 2.33 bits per heavy atom. The fourth-order valence-corrected chi connectivity index (χ4v) is 3.62. The van der Waals surface area contributed by atoms with Crippen LogP contribution in [0.2, 0.25) is 0 Å². The molecule has 1 aromatic carbocycles. The maximum absolute atomic E-state index is 8.91. The lowest BCUT2D eigenvalue weighted by atomic mass is 10.1. The number of aromatic nitrogens is 2. The van der Waals surface area contributed by atoms with Gasteiger partial charge in [-0.25, -0.2) is 0 Å². The molecule has 0 bridgehead atoms. The third-order valence-electron chi connectivity index (χ3n) is 3.65. The van der Waals surface area contributed by atoms with E-state index in [-0.39, 0.29) is 6.04 Å². The van der Waals surface area contributed by atoms with Crippen molar-refractivity contribution >= 4 is 11.8 Å². The number of thioether (sulfide) groups is 1. The number of hydrogen-bond acceptors (Lipinski definition) is 6. The average molecular weight is 300 g/mol. The zero-order valence-corrected chi connectivity index (χ0v) is 12.6. The molecule has 5 nitrogen and oxygen atoms in total. The van der Waals surface area contributed by atoms with E-state index in [1.165, 1.54) is 0 Å². The van der Waals surface area contributed by atoms with E-state index in [9.17, 15) is 0 Å². The van der Waals surface area contributed by atoms with Crippen LogP contribution >= 0.6 is 11.8 Å². The lowest BCUT2D eigenvalue weighted by molar-refractivity contribution is 0.257. The van der Waals surface area contributed by atoms with Crippen molar-refractivity contribution < 1.29 is 4.52 Å². The van der Waals surface area contributed by atoms with Crippen molar-refractivity contribution in [1.29, 1.82) is 5.26 Å². The molecule has 108 valence electrons. The molecule has 6 heteroatoms. The molecule has 0 spiro atoms. The Kier molecular flexibility index (Phi) is 4.23. The Balaban J connectivity index is 1.90. The molecule has 3 rings (SSSR count). The summed E-state index contributed by atoms with van der Waals surface area (Å²) in [7, 11) is 2.09. The van der Waals surface area contributed by atoms with Gasteiger partial charge in [0.1, 0.15) is 0 Å². The number of nitrogens with zero attached hydrogens (tertiary/aromatic N) is 4. The molecule has 0 radical (unpaired) electrons. The summed E-state index contributed by atoms with van der Waals surface area (Å²) in [6.07, 6.45) is 0.340. The number of benzene rings is 1. The van der Waals surface area contributed by atoms with E-state index in [0.29, 0.717) is 12.3 Å². The molecule has 0 amide bonds. The van der Waals surface area contributed by atoms with E-state index in [4.69, 9.17) is 9.78 Å². The minimum absolute atomic E-state index is 0.198. The van der Waals surface area contributed by atoms with Crippen molar-refractivity contribution in [3.63, 3.8) is 0 Å². The predicted octanol–water partition coefficient (Wildman–Crippen LogP) is 2.52. The van der Waals surface area contributed by atoms with Crippen molar-refractivity contribution in [3.8, 4) is 17.5 Å². The van der Waals surface area contributed by atoms with Gasteiger partial charge >= 0.3 is 0 Å². The van der Waals surface area contributed by atoms with Crippen LogP contribution in [-0.2, 0) is 6.42 Å². The molecule has 0 N–H and O–H groups in total. The Hall–Kier alpha value is -1.84. The van der Waals surface area contributed by atoms with Gasteiger partial charge in [0.15, 0.2) is 5.82 Å². The number of nitriles is 1. The molecule has 1 aromatic heterocycles. The summed E-state index contributed by atoms with van der Waals surface area (Å²) in [5.41, 5.74) is 1.77. The summed E-state index contributed by atoms with van der Waals surface area (Å²) >= 11 is 1.91. The highest BCUT2D eigenvalue weighted by Gasteiger charge is 2.26. The summed E-state index contributed by atoms with van der Waals surface area (Å²) in [5.74, 6) is 3.35. The van der Waals surface area contributed by atoms with Gasteiger partial charge < -0.3 is 4.52 Å². The summed E-state index contributed by atoms with van der Waals surface area (Å²) in [4.78, 5) is 6.81. The Labute approximate surface area is 127 Å². The van der Waals surface area contributed by atoms with Gasteiger partial charge in [-0.15, -0.1) is 0 Å². The fraction of sp³-hybridized carbons (Fsp3) is 0.400. The van der Waals surface area contributed by atoms with Crippen LogP contribution in [0, 0.1) is 11.3 Å². The van der Waals surface area contributed by atoms with Crippen LogP contribution in [0.5, 0.6) is 0 Å². The highest BCUT2D eigenvalue weighted by molar-refractivity contribution is 7.99. The highest BCUT2D eigenvalue weighted by atomic mass is 32.2. The van der Waals surface area contributed by atoms with E-state index in [2.05, 4.69) is 28.2 Å². The average Bonchev–Trinajstić information content (AvgIpc) is 2.98. The van der Waals surface area contributed by atoms with Crippen LogP contribution in [0.4, 0.5) is 0 Å². The van der Waals surface area contributed by atoms with Gasteiger partial charge in [0, 0.05) is 23.6 Å². The van der Waals surface area contributed by atoms with Gasteiger partial charge in [0.25, 0.3) is 5.89 Å². The summed E-state index contributed by atoms with van der Waals surface area (Å²) in [6, 6.07) is 10.0. The smallest absolute Gasteiger partial charge is 0.258 e. The molecule has 1 atom stereocenters. The maximum Gasteiger partial charge on any atom is 0.258 e.